The average Bonchev–Trinajstić information content (AvgIpc) is 2.97. The van der Waals surface area contributed by atoms with Crippen molar-refractivity contribution in [1.82, 2.24) is 9.88 Å². The number of hydrogen-bond acceptors (Lipinski definition) is 4. The molecular formula is C24H27N3O3. The molecule has 30 heavy (non-hydrogen) atoms. The Bertz CT molecular complexity index is 1020. The highest BCUT2D eigenvalue weighted by Gasteiger charge is 2.51. The molecule has 1 fully saturated rings. The molecule has 2 aliphatic rings. The topological polar surface area (TPSA) is 79.4 Å². The molecular weight excluding hydrogens is 378 g/mol. The van der Waals surface area contributed by atoms with Crippen molar-refractivity contribution >= 4 is 34.3 Å². The second-order valence-electron chi connectivity index (χ2n) is 8.67. The number of rotatable bonds is 5. The van der Waals surface area contributed by atoms with Gasteiger partial charge in [0.05, 0.1) is 23.0 Å². The van der Waals surface area contributed by atoms with Crippen LogP contribution in [0.5, 0.6) is 0 Å². The maximum atomic E-state index is 13.4. The fourth-order valence-electron chi connectivity index (χ4n) is 4.47. The molecule has 3 unspecified atom stereocenters. The van der Waals surface area contributed by atoms with Gasteiger partial charge in [0, 0.05) is 11.1 Å². The Morgan fingerprint density at radius 3 is 2.40 bits per heavy atom. The van der Waals surface area contributed by atoms with E-state index in [2.05, 4.69) is 10.3 Å². The summed E-state index contributed by atoms with van der Waals surface area (Å²) in [6, 6.07) is 8.66. The average molecular weight is 405 g/mol. The van der Waals surface area contributed by atoms with Crippen molar-refractivity contribution in [1.29, 1.82) is 0 Å². The zero-order valence-corrected chi connectivity index (χ0v) is 17.6. The number of aryl methyl sites for hydroxylation is 1. The lowest BCUT2D eigenvalue weighted by atomic mass is 9.85. The van der Waals surface area contributed by atoms with Gasteiger partial charge in [0.1, 0.15) is 6.04 Å². The van der Waals surface area contributed by atoms with Crippen LogP contribution in [0.3, 0.4) is 0 Å². The van der Waals surface area contributed by atoms with Crippen molar-refractivity contribution in [3.63, 3.8) is 0 Å². The van der Waals surface area contributed by atoms with Gasteiger partial charge in [0.2, 0.25) is 17.7 Å². The Kier molecular flexibility index (Phi) is 5.41. The van der Waals surface area contributed by atoms with E-state index in [0.29, 0.717) is 30.5 Å². The molecule has 0 spiro atoms. The van der Waals surface area contributed by atoms with E-state index >= 15 is 0 Å². The highest BCUT2D eigenvalue weighted by molar-refractivity contribution is 6.11. The number of hydrogen-bond donors (Lipinski definition) is 1. The summed E-state index contributed by atoms with van der Waals surface area (Å²) in [6.45, 7) is 5.88. The van der Waals surface area contributed by atoms with Gasteiger partial charge in [-0.3, -0.25) is 24.3 Å². The summed E-state index contributed by atoms with van der Waals surface area (Å²) >= 11 is 0. The highest BCUT2D eigenvalue weighted by Crippen LogP contribution is 2.37. The lowest BCUT2D eigenvalue weighted by Gasteiger charge is -2.27. The monoisotopic (exact) mass is 405 g/mol. The van der Waals surface area contributed by atoms with Gasteiger partial charge in [0.15, 0.2) is 0 Å². The molecule has 1 aliphatic carbocycles. The van der Waals surface area contributed by atoms with Gasteiger partial charge < -0.3 is 5.32 Å². The number of fused-ring (bicyclic) bond motifs is 2. The molecule has 6 heteroatoms. The van der Waals surface area contributed by atoms with E-state index in [-0.39, 0.29) is 35.5 Å². The minimum absolute atomic E-state index is 0.148. The van der Waals surface area contributed by atoms with Gasteiger partial charge in [-0.15, -0.1) is 0 Å². The van der Waals surface area contributed by atoms with Gasteiger partial charge in [-0.1, -0.05) is 44.2 Å². The van der Waals surface area contributed by atoms with E-state index in [1.165, 1.54) is 4.90 Å². The second-order valence-corrected chi connectivity index (χ2v) is 8.67. The van der Waals surface area contributed by atoms with Crippen LogP contribution in [0, 0.1) is 24.7 Å². The summed E-state index contributed by atoms with van der Waals surface area (Å²) in [5.41, 5.74) is 2.14. The molecule has 1 aromatic heterocycles. The number of imide groups is 1. The number of para-hydroxylation sites is 1. The van der Waals surface area contributed by atoms with E-state index in [0.717, 1.165) is 11.1 Å². The van der Waals surface area contributed by atoms with Crippen LogP contribution in [0.1, 0.15) is 38.8 Å². The number of benzene rings is 1. The van der Waals surface area contributed by atoms with Crippen LogP contribution < -0.4 is 5.32 Å². The Morgan fingerprint density at radius 1 is 1.10 bits per heavy atom. The summed E-state index contributed by atoms with van der Waals surface area (Å²) in [7, 11) is 0. The first-order valence-corrected chi connectivity index (χ1v) is 10.6. The van der Waals surface area contributed by atoms with Gasteiger partial charge in [0.25, 0.3) is 0 Å². The summed E-state index contributed by atoms with van der Waals surface area (Å²) in [5, 5.41) is 3.87. The molecule has 0 saturated carbocycles. The second kappa shape index (κ2) is 8.01. The number of carbonyl (C=O) groups is 3. The Morgan fingerprint density at radius 2 is 1.77 bits per heavy atom. The summed E-state index contributed by atoms with van der Waals surface area (Å²) in [5.74, 6) is -1.31. The van der Waals surface area contributed by atoms with Crippen molar-refractivity contribution in [2.75, 3.05) is 5.32 Å². The number of carbonyl (C=O) groups excluding carboxylic acids is 3. The van der Waals surface area contributed by atoms with Crippen molar-refractivity contribution in [2.45, 2.75) is 46.1 Å². The van der Waals surface area contributed by atoms with E-state index in [1.807, 2.05) is 57.2 Å². The largest absolute Gasteiger partial charge is 0.322 e. The van der Waals surface area contributed by atoms with Crippen LogP contribution in [0.15, 0.2) is 42.5 Å². The van der Waals surface area contributed by atoms with Gasteiger partial charge >= 0.3 is 0 Å². The minimum Gasteiger partial charge on any atom is -0.322 e. The van der Waals surface area contributed by atoms with Crippen molar-refractivity contribution in [2.24, 2.45) is 17.8 Å². The fraction of sp³-hybridized carbons (Fsp3) is 0.417. The molecule has 6 nitrogen and oxygen atoms in total. The normalized spacial score (nSPS) is 21.9. The van der Waals surface area contributed by atoms with E-state index in [4.69, 9.17) is 0 Å². The number of amides is 3. The smallest absolute Gasteiger partial charge is 0.247 e. The number of pyridine rings is 1. The van der Waals surface area contributed by atoms with Crippen LogP contribution in [-0.4, -0.2) is 33.6 Å². The number of aromatic nitrogens is 1. The van der Waals surface area contributed by atoms with E-state index in [9.17, 15) is 14.4 Å². The standard InChI is InChI=1S/C24H27N3O3/c1-14(2)13-20(27-23(29)17-8-4-5-9-18(17)24(27)30)22(28)26-19-10-6-7-16-12-11-15(3)25-21(16)19/h4-7,10-12,14,17-18,20H,8-9,13H2,1-3H3,(H,26,28). The molecule has 3 amide bonds. The number of nitrogens with one attached hydrogen (secondary N) is 1. The fourth-order valence-corrected chi connectivity index (χ4v) is 4.47. The predicted molar refractivity (Wildman–Crippen MR) is 116 cm³/mol. The number of nitrogens with zero attached hydrogens (tertiary/aromatic N) is 2. The first kappa shape index (κ1) is 20.3. The number of allylic oxidation sites excluding steroid dienone is 2. The molecule has 1 N–H and O–H groups in total. The molecule has 1 aliphatic heterocycles. The Balaban J connectivity index is 1.65. The third-order valence-corrected chi connectivity index (χ3v) is 5.97. The van der Waals surface area contributed by atoms with Crippen molar-refractivity contribution in [3.8, 4) is 0 Å². The number of likely N-dealkylation sites (tertiary alicyclic amines) is 1. The maximum Gasteiger partial charge on any atom is 0.247 e. The van der Waals surface area contributed by atoms with Crippen LogP contribution in [0.2, 0.25) is 0 Å². The number of anilines is 1. The van der Waals surface area contributed by atoms with E-state index < -0.39 is 6.04 Å². The maximum absolute atomic E-state index is 13.4. The summed E-state index contributed by atoms with van der Waals surface area (Å²) in [6.07, 6.45) is 5.46. The quantitative estimate of drug-likeness (QED) is 0.605. The zero-order valence-electron chi connectivity index (χ0n) is 17.6. The van der Waals surface area contributed by atoms with Crippen LogP contribution >= 0.6 is 0 Å². The third kappa shape index (κ3) is 3.62. The molecule has 0 bridgehead atoms. The molecule has 2 heterocycles. The first-order valence-electron chi connectivity index (χ1n) is 10.6. The highest BCUT2D eigenvalue weighted by atomic mass is 16.2. The predicted octanol–water partition coefficient (Wildman–Crippen LogP) is 3.85. The van der Waals surface area contributed by atoms with Crippen LogP contribution in [0.4, 0.5) is 5.69 Å². The Labute approximate surface area is 176 Å². The van der Waals surface area contributed by atoms with Crippen molar-refractivity contribution < 1.29 is 14.4 Å². The Hall–Kier alpha value is -3.02. The van der Waals surface area contributed by atoms with Crippen LogP contribution in [0.25, 0.3) is 10.9 Å². The lowest BCUT2D eigenvalue weighted by molar-refractivity contribution is -0.147. The molecule has 1 saturated heterocycles. The van der Waals surface area contributed by atoms with E-state index in [1.54, 1.807) is 6.07 Å². The first-order chi connectivity index (χ1) is 14.4. The molecule has 4 rings (SSSR count). The van der Waals surface area contributed by atoms with Crippen molar-refractivity contribution in [3.05, 3.63) is 48.2 Å². The third-order valence-electron chi connectivity index (χ3n) is 5.97. The van der Waals surface area contributed by atoms with Crippen LogP contribution in [-0.2, 0) is 14.4 Å². The van der Waals surface area contributed by atoms with Gasteiger partial charge in [-0.2, -0.15) is 0 Å². The van der Waals surface area contributed by atoms with Gasteiger partial charge in [-0.25, -0.2) is 0 Å². The summed E-state index contributed by atoms with van der Waals surface area (Å²) < 4.78 is 0. The molecule has 0 radical (unpaired) electrons. The molecule has 3 atom stereocenters. The molecule has 2 aromatic rings. The van der Waals surface area contributed by atoms with Gasteiger partial charge in [-0.05, 0) is 44.2 Å². The SMILES string of the molecule is Cc1ccc2cccc(NC(=O)C(CC(C)C)N3C(=O)C4CC=CCC4C3=O)c2n1. The lowest BCUT2D eigenvalue weighted by Crippen LogP contribution is -2.48. The minimum atomic E-state index is -0.823. The summed E-state index contributed by atoms with van der Waals surface area (Å²) in [4.78, 5) is 45.3. The molecule has 1 aromatic carbocycles. The molecule has 156 valence electrons. The zero-order chi connectivity index (χ0) is 21.4.